The number of hydrogen-bond acceptors (Lipinski definition) is 2. The van der Waals surface area contributed by atoms with E-state index < -0.39 is 5.97 Å². The minimum Gasteiger partial charge on any atom is -0.478 e. The molecule has 0 fully saturated rings. The first kappa shape index (κ1) is 9.85. The summed E-state index contributed by atoms with van der Waals surface area (Å²) in [4.78, 5) is 10.7. The van der Waals surface area contributed by atoms with Gasteiger partial charge in [-0.3, -0.25) is 0 Å². The van der Waals surface area contributed by atoms with E-state index in [2.05, 4.69) is 0 Å². The Kier molecular flexibility index (Phi) is 2.76. The zero-order valence-electron chi connectivity index (χ0n) is 6.21. The SMILES string of the molecule is N#Cc1c(Cl)ccc(Cl)c1C(=O)O. The highest BCUT2D eigenvalue weighted by molar-refractivity contribution is 6.36. The quantitative estimate of drug-likeness (QED) is 0.784. The third kappa shape index (κ3) is 1.74. The van der Waals surface area contributed by atoms with Crippen molar-refractivity contribution >= 4 is 29.2 Å². The Hall–Kier alpha value is -1.24. The van der Waals surface area contributed by atoms with Gasteiger partial charge in [0.15, 0.2) is 0 Å². The lowest BCUT2D eigenvalue weighted by Gasteiger charge is -2.02. The molecule has 1 rings (SSSR count). The highest BCUT2D eigenvalue weighted by Gasteiger charge is 2.16. The molecule has 0 bridgehead atoms. The average molecular weight is 216 g/mol. The Morgan fingerprint density at radius 1 is 1.38 bits per heavy atom. The molecule has 0 aliphatic carbocycles. The van der Waals surface area contributed by atoms with E-state index >= 15 is 0 Å². The molecule has 0 saturated carbocycles. The normalized spacial score (nSPS) is 9.31. The third-order valence-corrected chi connectivity index (χ3v) is 2.06. The molecule has 5 heteroatoms. The molecule has 66 valence electrons. The van der Waals surface area contributed by atoms with Crippen LogP contribution in [-0.2, 0) is 0 Å². The molecule has 0 aliphatic rings. The largest absolute Gasteiger partial charge is 0.478 e. The molecule has 13 heavy (non-hydrogen) atoms. The minimum atomic E-state index is -1.26. The lowest BCUT2D eigenvalue weighted by Crippen LogP contribution is -2.01. The van der Waals surface area contributed by atoms with Gasteiger partial charge in [-0.2, -0.15) is 5.26 Å². The van der Waals surface area contributed by atoms with Crippen LogP contribution in [0.2, 0.25) is 10.0 Å². The molecule has 1 aromatic carbocycles. The second-order valence-corrected chi connectivity index (χ2v) is 3.01. The standard InChI is InChI=1S/C8H3Cl2NO2/c9-5-1-2-6(10)7(8(12)13)4(5)3-11/h1-2H,(H,12,13). The summed E-state index contributed by atoms with van der Waals surface area (Å²) in [5, 5.41) is 17.4. The van der Waals surface area contributed by atoms with Gasteiger partial charge < -0.3 is 5.11 Å². The number of rotatable bonds is 1. The van der Waals surface area contributed by atoms with Gasteiger partial charge in [-0.1, -0.05) is 23.2 Å². The number of carboxylic acid groups (broad SMARTS) is 1. The lowest BCUT2D eigenvalue weighted by atomic mass is 10.1. The first-order valence-corrected chi connectivity index (χ1v) is 3.95. The van der Waals surface area contributed by atoms with Gasteiger partial charge in [0, 0.05) is 0 Å². The highest BCUT2D eigenvalue weighted by atomic mass is 35.5. The van der Waals surface area contributed by atoms with Crippen LogP contribution in [0.4, 0.5) is 0 Å². The molecule has 0 atom stereocenters. The fraction of sp³-hybridized carbons (Fsp3) is 0. The summed E-state index contributed by atoms with van der Waals surface area (Å²) in [6.07, 6.45) is 0. The molecule has 3 nitrogen and oxygen atoms in total. The van der Waals surface area contributed by atoms with Crippen LogP contribution in [0.25, 0.3) is 0 Å². The average Bonchev–Trinajstić information content (AvgIpc) is 2.07. The van der Waals surface area contributed by atoms with Gasteiger partial charge in [0.05, 0.1) is 21.2 Å². The molecule has 0 aliphatic heterocycles. The van der Waals surface area contributed by atoms with Gasteiger partial charge >= 0.3 is 5.97 Å². The van der Waals surface area contributed by atoms with Crippen molar-refractivity contribution in [3.8, 4) is 6.07 Å². The van der Waals surface area contributed by atoms with Crippen molar-refractivity contribution in [1.82, 2.24) is 0 Å². The number of nitriles is 1. The van der Waals surface area contributed by atoms with Crippen LogP contribution >= 0.6 is 23.2 Å². The van der Waals surface area contributed by atoms with Gasteiger partial charge in [0.1, 0.15) is 6.07 Å². The fourth-order valence-corrected chi connectivity index (χ4v) is 1.31. The molecular weight excluding hydrogens is 213 g/mol. The van der Waals surface area contributed by atoms with Crippen molar-refractivity contribution in [2.75, 3.05) is 0 Å². The van der Waals surface area contributed by atoms with Gasteiger partial charge in [0.25, 0.3) is 0 Å². The van der Waals surface area contributed by atoms with Crippen LogP contribution < -0.4 is 0 Å². The summed E-state index contributed by atoms with van der Waals surface area (Å²) in [5.74, 6) is -1.26. The number of carbonyl (C=O) groups is 1. The number of halogens is 2. The summed E-state index contributed by atoms with van der Waals surface area (Å²) in [7, 11) is 0. The van der Waals surface area contributed by atoms with Gasteiger partial charge in [-0.05, 0) is 12.1 Å². The van der Waals surface area contributed by atoms with Crippen molar-refractivity contribution in [2.45, 2.75) is 0 Å². The topological polar surface area (TPSA) is 61.1 Å². The molecular formula is C8H3Cl2NO2. The Morgan fingerprint density at radius 3 is 2.31 bits per heavy atom. The molecule has 1 aromatic rings. The van der Waals surface area contributed by atoms with Gasteiger partial charge in [-0.15, -0.1) is 0 Å². The van der Waals surface area contributed by atoms with E-state index in [1.54, 1.807) is 6.07 Å². The molecule has 0 saturated heterocycles. The summed E-state index contributed by atoms with van der Waals surface area (Å²) >= 11 is 11.2. The smallest absolute Gasteiger partial charge is 0.338 e. The summed E-state index contributed by atoms with van der Waals surface area (Å²) in [6.45, 7) is 0. The van der Waals surface area contributed by atoms with Crippen molar-refractivity contribution < 1.29 is 9.90 Å². The van der Waals surface area contributed by atoms with Crippen LogP contribution in [0.3, 0.4) is 0 Å². The molecule has 0 aromatic heterocycles. The Bertz CT molecular complexity index is 409. The van der Waals surface area contributed by atoms with E-state index in [0.717, 1.165) is 0 Å². The van der Waals surface area contributed by atoms with Crippen molar-refractivity contribution in [3.05, 3.63) is 33.3 Å². The van der Waals surface area contributed by atoms with E-state index in [-0.39, 0.29) is 21.2 Å². The first-order chi connectivity index (χ1) is 6.07. The van der Waals surface area contributed by atoms with E-state index in [1.807, 2.05) is 0 Å². The maximum atomic E-state index is 10.7. The summed E-state index contributed by atoms with van der Waals surface area (Å²) < 4.78 is 0. The molecule has 0 radical (unpaired) electrons. The van der Waals surface area contributed by atoms with Crippen LogP contribution in [0, 0.1) is 11.3 Å². The van der Waals surface area contributed by atoms with E-state index in [9.17, 15) is 4.79 Å². The lowest BCUT2D eigenvalue weighted by molar-refractivity contribution is 0.0697. The number of benzene rings is 1. The van der Waals surface area contributed by atoms with Crippen molar-refractivity contribution in [1.29, 1.82) is 5.26 Å². The van der Waals surface area contributed by atoms with E-state index in [1.165, 1.54) is 12.1 Å². The van der Waals surface area contributed by atoms with Gasteiger partial charge in [-0.25, -0.2) is 4.79 Å². The monoisotopic (exact) mass is 215 g/mol. The first-order valence-electron chi connectivity index (χ1n) is 3.19. The maximum absolute atomic E-state index is 10.7. The number of hydrogen-bond donors (Lipinski definition) is 1. The summed E-state index contributed by atoms with van der Waals surface area (Å²) in [5.41, 5.74) is -0.363. The van der Waals surface area contributed by atoms with Crippen LogP contribution in [0.15, 0.2) is 12.1 Å². The number of aromatic carboxylic acids is 1. The third-order valence-electron chi connectivity index (χ3n) is 1.43. The van der Waals surface area contributed by atoms with Gasteiger partial charge in [0.2, 0.25) is 0 Å². The minimum absolute atomic E-state index is 0.00782. The van der Waals surface area contributed by atoms with Crippen LogP contribution in [-0.4, -0.2) is 11.1 Å². The Morgan fingerprint density at radius 2 is 1.92 bits per heavy atom. The van der Waals surface area contributed by atoms with Crippen molar-refractivity contribution in [3.63, 3.8) is 0 Å². The number of nitrogens with zero attached hydrogens (tertiary/aromatic N) is 1. The molecule has 0 unspecified atom stereocenters. The van der Waals surface area contributed by atoms with Crippen molar-refractivity contribution in [2.24, 2.45) is 0 Å². The molecule has 1 N–H and O–H groups in total. The maximum Gasteiger partial charge on any atom is 0.338 e. The predicted octanol–water partition coefficient (Wildman–Crippen LogP) is 2.56. The Balaban J connectivity index is 3.55. The van der Waals surface area contributed by atoms with Crippen LogP contribution in [0.1, 0.15) is 15.9 Å². The zero-order valence-corrected chi connectivity index (χ0v) is 7.73. The Labute approximate surface area is 84.1 Å². The second-order valence-electron chi connectivity index (χ2n) is 2.20. The second kappa shape index (κ2) is 3.65. The highest BCUT2D eigenvalue weighted by Crippen LogP contribution is 2.26. The van der Waals surface area contributed by atoms with Crippen LogP contribution in [0.5, 0.6) is 0 Å². The predicted molar refractivity (Wildman–Crippen MR) is 48.1 cm³/mol. The summed E-state index contributed by atoms with van der Waals surface area (Å²) in [6, 6.07) is 4.41. The fourth-order valence-electron chi connectivity index (χ4n) is 0.870. The van der Waals surface area contributed by atoms with E-state index in [0.29, 0.717) is 0 Å². The molecule has 0 amide bonds. The molecule has 0 heterocycles. The zero-order chi connectivity index (χ0) is 10.0. The number of carboxylic acids is 1. The molecule has 0 spiro atoms. The van der Waals surface area contributed by atoms with E-state index in [4.69, 9.17) is 33.6 Å².